The van der Waals surface area contributed by atoms with Gasteiger partial charge >= 0.3 is 0 Å². The van der Waals surface area contributed by atoms with Crippen LogP contribution in [0.25, 0.3) is 0 Å². The van der Waals surface area contributed by atoms with E-state index in [2.05, 4.69) is 13.5 Å². The van der Waals surface area contributed by atoms with E-state index in [0.717, 1.165) is 12.8 Å². The summed E-state index contributed by atoms with van der Waals surface area (Å²) < 4.78 is 12.7. The molecule has 0 saturated heterocycles. The summed E-state index contributed by atoms with van der Waals surface area (Å²) in [5.74, 6) is -0.0403. The molecule has 1 heteroatoms. The van der Waals surface area contributed by atoms with Crippen molar-refractivity contribution < 1.29 is 4.39 Å². The molecule has 0 fully saturated rings. The van der Waals surface area contributed by atoms with Gasteiger partial charge in [-0.3, -0.25) is 0 Å². The fourth-order valence-electron chi connectivity index (χ4n) is 1.11. The first kappa shape index (κ1) is 11.4. The molecule has 0 rings (SSSR count). The van der Waals surface area contributed by atoms with Gasteiger partial charge in [0.2, 0.25) is 0 Å². The largest absolute Gasteiger partial charge is 0.212 e. The Morgan fingerprint density at radius 2 is 1.92 bits per heavy atom. The van der Waals surface area contributed by atoms with Gasteiger partial charge in [-0.25, -0.2) is 4.39 Å². The van der Waals surface area contributed by atoms with Gasteiger partial charge in [0, 0.05) is 0 Å². The summed E-state index contributed by atoms with van der Waals surface area (Å²) in [6.07, 6.45) is 9.38. The number of rotatable bonds is 7. The van der Waals surface area contributed by atoms with E-state index in [1.807, 2.05) is 0 Å². The lowest BCUT2D eigenvalue weighted by Gasteiger charge is -1.97. The van der Waals surface area contributed by atoms with Crippen molar-refractivity contribution in [3.8, 4) is 0 Å². The molecule has 70 valence electrons. The van der Waals surface area contributed by atoms with Crippen LogP contribution in [0.2, 0.25) is 0 Å². The summed E-state index contributed by atoms with van der Waals surface area (Å²) in [5, 5.41) is 0. The Balaban J connectivity index is 3.19. The molecule has 0 aliphatic rings. The van der Waals surface area contributed by atoms with Crippen molar-refractivity contribution in [1.82, 2.24) is 0 Å². The Bertz CT molecular complexity index is 136. The van der Waals surface area contributed by atoms with Crippen LogP contribution in [-0.4, -0.2) is 0 Å². The number of allylic oxidation sites excluding steroid dienone is 3. The molecule has 0 radical (unpaired) electrons. The molecule has 0 aromatic rings. The number of hydrogen-bond donors (Lipinski definition) is 0. The minimum atomic E-state index is -0.0403. The third kappa shape index (κ3) is 7.52. The van der Waals surface area contributed by atoms with E-state index < -0.39 is 0 Å². The second-order valence-corrected chi connectivity index (χ2v) is 3.01. The Morgan fingerprint density at radius 3 is 2.50 bits per heavy atom. The maximum atomic E-state index is 12.7. The monoisotopic (exact) mass is 170 g/mol. The van der Waals surface area contributed by atoms with Gasteiger partial charge in [-0.15, -0.1) is 0 Å². The van der Waals surface area contributed by atoms with Crippen molar-refractivity contribution in [2.45, 2.75) is 45.4 Å². The van der Waals surface area contributed by atoms with Gasteiger partial charge in [0.25, 0.3) is 0 Å². The van der Waals surface area contributed by atoms with Gasteiger partial charge in [-0.05, 0) is 18.9 Å². The lowest BCUT2D eigenvalue weighted by atomic mass is 10.1. The van der Waals surface area contributed by atoms with Crippen LogP contribution in [0.15, 0.2) is 24.6 Å². The lowest BCUT2D eigenvalue weighted by molar-refractivity contribution is 0.547. The van der Waals surface area contributed by atoms with E-state index in [1.165, 1.54) is 31.4 Å². The average Bonchev–Trinajstić information content (AvgIpc) is 2.05. The van der Waals surface area contributed by atoms with E-state index >= 15 is 0 Å². The maximum absolute atomic E-state index is 12.7. The minimum Gasteiger partial charge on any atom is -0.212 e. The van der Waals surface area contributed by atoms with Crippen molar-refractivity contribution in [1.29, 1.82) is 0 Å². The highest BCUT2D eigenvalue weighted by molar-refractivity contribution is 5.02. The molecule has 0 heterocycles. The van der Waals surface area contributed by atoms with Crippen LogP contribution in [0.3, 0.4) is 0 Å². The normalized spacial score (nSPS) is 11.7. The standard InChI is InChI=1S/C11H19F/c1-3-5-6-7-8-10-11(12)9-4-2/h4,9H,2-3,5-8,10H2,1H3/b11-9+. The summed E-state index contributed by atoms with van der Waals surface area (Å²) >= 11 is 0. The Hall–Kier alpha value is -0.590. The topological polar surface area (TPSA) is 0 Å². The van der Waals surface area contributed by atoms with Crippen molar-refractivity contribution in [2.24, 2.45) is 0 Å². The molecule has 0 unspecified atom stereocenters. The molecule has 0 spiro atoms. The Morgan fingerprint density at radius 1 is 1.25 bits per heavy atom. The van der Waals surface area contributed by atoms with Crippen molar-refractivity contribution in [3.05, 3.63) is 24.6 Å². The molecular weight excluding hydrogens is 151 g/mol. The predicted molar refractivity (Wildman–Crippen MR) is 52.8 cm³/mol. The van der Waals surface area contributed by atoms with Crippen LogP contribution in [0.1, 0.15) is 45.4 Å². The second kappa shape index (κ2) is 8.51. The zero-order valence-corrected chi connectivity index (χ0v) is 7.98. The molecule has 0 bridgehead atoms. The van der Waals surface area contributed by atoms with Crippen molar-refractivity contribution in [3.63, 3.8) is 0 Å². The lowest BCUT2D eigenvalue weighted by Crippen LogP contribution is -1.79. The molecule has 0 aliphatic carbocycles. The summed E-state index contributed by atoms with van der Waals surface area (Å²) in [5.41, 5.74) is 0. The first-order chi connectivity index (χ1) is 5.81. The number of halogens is 1. The molecule has 0 N–H and O–H groups in total. The zero-order chi connectivity index (χ0) is 9.23. The van der Waals surface area contributed by atoms with Gasteiger partial charge < -0.3 is 0 Å². The Labute approximate surface area is 75.2 Å². The third-order valence-electron chi connectivity index (χ3n) is 1.82. The predicted octanol–water partition coefficient (Wildman–Crippen LogP) is 4.39. The third-order valence-corrected chi connectivity index (χ3v) is 1.82. The molecule has 0 aromatic heterocycles. The highest BCUT2D eigenvalue weighted by atomic mass is 19.1. The van der Waals surface area contributed by atoms with E-state index in [0.29, 0.717) is 6.42 Å². The highest BCUT2D eigenvalue weighted by Crippen LogP contribution is 2.11. The van der Waals surface area contributed by atoms with Crippen molar-refractivity contribution in [2.75, 3.05) is 0 Å². The van der Waals surface area contributed by atoms with Crippen molar-refractivity contribution >= 4 is 0 Å². The second-order valence-electron chi connectivity index (χ2n) is 3.01. The minimum absolute atomic E-state index is 0.0403. The first-order valence-corrected chi connectivity index (χ1v) is 4.78. The summed E-state index contributed by atoms with van der Waals surface area (Å²) in [6, 6.07) is 0. The zero-order valence-electron chi connectivity index (χ0n) is 7.98. The molecule has 0 atom stereocenters. The van der Waals surface area contributed by atoms with Crippen LogP contribution in [-0.2, 0) is 0 Å². The molecule has 0 nitrogen and oxygen atoms in total. The molecule has 0 aliphatic heterocycles. The fourth-order valence-corrected chi connectivity index (χ4v) is 1.11. The van der Waals surface area contributed by atoms with Gasteiger partial charge in [-0.1, -0.05) is 45.3 Å². The highest BCUT2D eigenvalue weighted by Gasteiger charge is 1.93. The van der Waals surface area contributed by atoms with Crippen LogP contribution in [0.4, 0.5) is 4.39 Å². The van der Waals surface area contributed by atoms with Crippen LogP contribution >= 0.6 is 0 Å². The fraction of sp³-hybridized carbons (Fsp3) is 0.636. The SMILES string of the molecule is C=C/C=C(/F)CCCCCCC. The summed E-state index contributed by atoms with van der Waals surface area (Å²) in [6.45, 7) is 5.62. The van der Waals surface area contributed by atoms with Crippen LogP contribution in [0, 0.1) is 0 Å². The quantitative estimate of drug-likeness (QED) is 0.393. The molecule has 0 amide bonds. The number of hydrogen-bond acceptors (Lipinski definition) is 0. The number of unbranched alkanes of at least 4 members (excludes halogenated alkanes) is 4. The smallest absolute Gasteiger partial charge is 0.0999 e. The molecule has 0 aromatic carbocycles. The molecular formula is C11H19F. The average molecular weight is 170 g/mol. The Kier molecular flexibility index (Phi) is 8.09. The summed E-state index contributed by atoms with van der Waals surface area (Å²) in [4.78, 5) is 0. The van der Waals surface area contributed by atoms with E-state index in [4.69, 9.17) is 0 Å². The molecule has 12 heavy (non-hydrogen) atoms. The maximum Gasteiger partial charge on any atom is 0.0999 e. The van der Waals surface area contributed by atoms with Gasteiger partial charge in [-0.2, -0.15) is 0 Å². The van der Waals surface area contributed by atoms with Crippen LogP contribution < -0.4 is 0 Å². The van der Waals surface area contributed by atoms with E-state index in [1.54, 1.807) is 0 Å². The van der Waals surface area contributed by atoms with E-state index in [9.17, 15) is 4.39 Å². The van der Waals surface area contributed by atoms with Crippen LogP contribution in [0.5, 0.6) is 0 Å². The first-order valence-electron chi connectivity index (χ1n) is 4.78. The van der Waals surface area contributed by atoms with Gasteiger partial charge in [0.15, 0.2) is 0 Å². The van der Waals surface area contributed by atoms with Gasteiger partial charge in [0.1, 0.15) is 0 Å². The van der Waals surface area contributed by atoms with E-state index in [-0.39, 0.29) is 5.83 Å². The van der Waals surface area contributed by atoms with Gasteiger partial charge in [0.05, 0.1) is 5.83 Å². The summed E-state index contributed by atoms with van der Waals surface area (Å²) in [7, 11) is 0. The molecule has 0 saturated carbocycles.